The fourth-order valence-corrected chi connectivity index (χ4v) is 3.73. The molecule has 22 heavy (non-hydrogen) atoms. The van der Waals surface area contributed by atoms with E-state index in [9.17, 15) is 0 Å². The molecular weight excluding hydrogens is 294 g/mol. The van der Waals surface area contributed by atoms with Gasteiger partial charge in [0.05, 0.1) is 6.04 Å². The Morgan fingerprint density at radius 2 is 2.14 bits per heavy atom. The zero-order valence-electron chi connectivity index (χ0n) is 13.0. The third kappa shape index (κ3) is 4.11. The van der Waals surface area contributed by atoms with Crippen LogP contribution in [0, 0.1) is 0 Å². The highest BCUT2D eigenvalue weighted by atomic mass is 32.2. The standard InChI is InChI=1S/C17H23N3OS/c1-13(18-12-14-6-3-2-4-7-14)17-19-16(20-21-17)15-8-5-10-22-11-9-15/h2-4,6-7,13,15,18H,5,8-12H2,1H3/t13-,15-/m0/s1. The molecule has 2 aromatic rings. The van der Waals surface area contributed by atoms with Crippen LogP contribution in [0.4, 0.5) is 0 Å². The normalized spacial score (nSPS) is 20.5. The highest BCUT2D eigenvalue weighted by Gasteiger charge is 2.21. The van der Waals surface area contributed by atoms with E-state index in [-0.39, 0.29) is 6.04 Å². The average Bonchev–Trinajstić information content (AvgIpc) is 2.89. The quantitative estimate of drug-likeness (QED) is 0.906. The van der Waals surface area contributed by atoms with Crippen LogP contribution in [-0.4, -0.2) is 21.6 Å². The van der Waals surface area contributed by atoms with Gasteiger partial charge in [0.2, 0.25) is 5.89 Å². The first kappa shape index (κ1) is 15.6. The van der Waals surface area contributed by atoms with Crippen LogP contribution >= 0.6 is 11.8 Å². The maximum Gasteiger partial charge on any atom is 0.243 e. The summed E-state index contributed by atoms with van der Waals surface area (Å²) >= 11 is 2.03. The summed E-state index contributed by atoms with van der Waals surface area (Å²) in [6.45, 7) is 2.88. The molecule has 4 nitrogen and oxygen atoms in total. The third-order valence-corrected chi connectivity index (χ3v) is 5.20. The van der Waals surface area contributed by atoms with Gasteiger partial charge < -0.3 is 9.84 Å². The highest BCUT2D eigenvalue weighted by Crippen LogP contribution is 2.29. The Labute approximate surface area is 136 Å². The second-order valence-electron chi connectivity index (χ2n) is 5.82. The van der Waals surface area contributed by atoms with Crippen molar-refractivity contribution in [2.24, 2.45) is 0 Å². The molecule has 1 aromatic heterocycles. The lowest BCUT2D eigenvalue weighted by atomic mass is 10.0. The first-order valence-corrected chi connectivity index (χ1v) is 9.17. The number of hydrogen-bond donors (Lipinski definition) is 1. The minimum atomic E-state index is 0.0709. The summed E-state index contributed by atoms with van der Waals surface area (Å²) in [7, 11) is 0. The lowest BCUT2D eigenvalue weighted by Crippen LogP contribution is -2.18. The average molecular weight is 317 g/mol. The summed E-state index contributed by atoms with van der Waals surface area (Å²) in [4.78, 5) is 4.64. The van der Waals surface area contributed by atoms with Gasteiger partial charge in [0.15, 0.2) is 5.82 Å². The zero-order chi connectivity index (χ0) is 15.2. The summed E-state index contributed by atoms with van der Waals surface area (Å²) in [5.41, 5.74) is 1.26. The minimum absolute atomic E-state index is 0.0709. The van der Waals surface area contributed by atoms with Gasteiger partial charge in [-0.2, -0.15) is 16.7 Å². The van der Waals surface area contributed by atoms with Crippen LogP contribution in [0.2, 0.25) is 0 Å². The number of nitrogens with zero attached hydrogens (tertiary/aromatic N) is 2. The van der Waals surface area contributed by atoms with Crippen molar-refractivity contribution in [2.75, 3.05) is 11.5 Å². The van der Waals surface area contributed by atoms with Crippen LogP contribution in [0.5, 0.6) is 0 Å². The van der Waals surface area contributed by atoms with E-state index < -0.39 is 0 Å². The van der Waals surface area contributed by atoms with Crippen LogP contribution in [0.25, 0.3) is 0 Å². The zero-order valence-corrected chi connectivity index (χ0v) is 13.8. The summed E-state index contributed by atoms with van der Waals surface area (Å²) in [6, 6.07) is 10.4. The third-order valence-electron chi connectivity index (χ3n) is 4.10. The molecule has 2 heterocycles. The van der Waals surface area contributed by atoms with E-state index in [4.69, 9.17) is 4.52 Å². The molecule has 0 saturated carbocycles. The van der Waals surface area contributed by atoms with Gasteiger partial charge in [0.25, 0.3) is 0 Å². The molecule has 0 unspecified atom stereocenters. The van der Waals surface area contributed by atoms with E-state index in [1.807, 2.05) is 17.8 Å². The molecule has 1 aromatic carbocycles. The molecule has 0 amide bonds. The van der Waals surface area contributed by atoms with Crippen molar-refractivity contribution in [3.05, 3.63) is 47.6 Å². The monoisotopic (exact) mass is 317 g/mol. The SMILES string of the molecule is C[C@H](NCc1ccccc1)c1nc([C@H]2CCCSCC2)no1. The van der Waals surface area contributed by atoms with Gasteiger partial charge in [-0.15, -0.1) is 0 Å². The maximum atomic E-state index is 5.48. The van der Waals surface area contributed by atoms with E-state index in [0.717, 1.165) is 18.8 Å². The van der Waals surface area contributed by atoms with E-state index in [0.29, 0.717) is 11.8 Å². The van der Waals surface area contributed by atoms with Crippen molar-refractivity contribution >= 4 is 11.8 Å². The van der Waals surface area contributed by atoms with E-state index >= 15 is 0 Å². The van der Waals surface area contributed by atoms with Gasteiger partial charge in [-0.1, -0.05) is 35.5 Å². The van der Waals surface area contributed by atoms with Crippen molar-refractivity contribution in [1.29, 1.82) is 0 Å². The van der Waals surface area contributed by atoms with Crippen molar-refractivity contribution in [3.8, 4) is 0 Å². The fraction of sp³-hybridized carbons (Fsp3) is 0.529. The Hall–Kier alpha value is -1.33. The predicted molar refractivity (Wildman–Crippen MR) is 89.9 cm³/mol. The van der Waals surface area contributed by atoms with Crippen LogP contribution in [0.15, 0.2) is 34.9 Å². The lowest BCUT2D eigenvalue weighted by molar-refractivity contribution is 0.333. The fourth-order valence-electron chi connectivity index (χ4n) is 2.71. The van der Waals surface area contributed by atoms with Crippen LogP contribution in [0.1, 0.15) is 55.4 Å². The molecule has 0 radical (unpaired) electrons. The number of nitrogens with one attached hydrogen (secondary N) is 1. The predicted octanol–water partition coefficient (Wildman–Crippen LogP) is 3.92. The number of aromatic nitrogens is 2. The first-order valence-electron chi connectivity index (χ1n) is 8.01. The molecule has 0 spiro atoms. The van der Waals surface area contributed by atoms with Gasteiger partial charge in [0, 0.05) is 12.5 Å². The Morgan fingerprint density at radius 1 is 1.27 bits per heavy atom. The number of hydrogen-bond acceptors (Lipinski definition) is 5. The van der Waals surface area contributed by atoms with Crippen molar-refractivity contribution in [1.82, 2.24) is 15.5 Å². The van der Waals surface area contributed by atoms with E-state index in [2.05, 4.69) is 46.6 Å². The Balaban J connectivity index is 1.57. The molecule has 1 fully saturated rings. The van der Waals surface area contributed by atoms with E-state index in [1.54, 1.807) is 0 Å². The smallest absolute Gasteiger partial charge is 0.243 e. The number of rotatable bonds is 5. The molecule has 1 N–H and O–H groups in total. The molecule has 118 valence electrons. The lowest BCUT2D eigenvalue weighted by Gasteiger charge is -2.10. The van der Waals surface area contributed by atoms with E-state index in [1.165, 1.54) is 29.9 Å². The van der Waals surface area contributed by atoms with Gasteiger partial charge in [0.1, 0.15) is 0 Å². The van der Waals surface area contributed by atoms with Gasteiger partial charge >= 0.3 is 0 Å². The topological polar surface area (TPSA) is 51.0 Å². The summed E-state index contributed by atoms with van der Waals surface area (Å²) in [5.74, 6) is 4.52. The molecule has 1 saturated heterocycles. The molecule has 5 heteroatoms. The molecule has 1 aliphatic heterocycles. The molecule has 2 atom stereocenters. The maximum absolute atomic E-state index is 5.48. The van der Waals surface area contributed by atoms with Crippen LogP contribution < -0.4 is 5.32 Å². The minimum Gasteiger partial charge on any atom is -0.338 e. The summed E-state index contributed by atoms with van der Waals surface area (Å²) in [5, 5.41) is 7.67. The molecule has 1 aliphatic rings. The first-order chi connectivity index (χ1) is 10.8. The molecule has 0 aliphatic carbocycles. The van der Waals surface area contributed by atoms with Crippen LogP contribution in [0.3, 0.4) is 0 Å². The van der Waals surface area contributed by atoms with Crippen LogP contribution in [-0.2, 0) is 6.54 Å². The summed E-state index contributed by atoms with van der Waals surface area (Å²) in [6.07, 6.45) is 3.59. The largest absolute Gasteiger partial charge is 0.338 e. The second-order valence-corrected chi connectivity index (χ2v) is 7.04. The number of benzene rings is 1. The Bertz CT molecular complexity index is 564. The van der Waals surface area contributed by atoms with Crippen molar-refractivity contribution < 1.29 is 4.52 Å². The Morgan fingerprint density at radius 3 is 3.00 bits per heavy atom. The van der Waals surface area contributed by atoms with Gasteiger partial charge in [-0.25, -0.2) is 0 Å². The highest BCUT2D eigenvalue weighted by molar-refractivity contribution is 7.99. The van der Waals surface area contributed by atoms with Gasteiger partial charge in [-0.05, 0) is 43.3 Å². The molecule has 3 rings (SSSR count). The van der Waals surface area contributed by atoms with Crippen molar-refractivity contribution in [2.45, 2.75) is 44.7 Å². The summed E-state index contributed by atoms with van der Waals surface area (Å²) < 4.78 is 5.48. The second kappa shape index (κ2) is 7.79. The molecular formula is C17H23N3OS. The molecule has 0 bridgehead atoms. The number of thioether (sulfide) groups is 1. The van der Waals surface area contributed by atoms with Crippen molar-refractivity contribution in [3.63, 3.8) is 0 Å². The Kier molecular flexibility index (Phi) is 5.51. The van der Waals surface area contributed by atoms with Gasteiger partial charge in [-0.3, -0.25) is 0 Å².